The molecule has 0 saturated carbocycles. The molecule has 1 unspecified atom stereocenters. The molecule has 1 aromatic heterocycles. The summed E-state index contributed by atoms with van der Waals surface area (Å²) in [5.41, 5.74) is 0.289. The van der Waals surface area contributed by atoms with Gasteiger partial charge >= 0.3 is 6.18 Å². The number of rotatable bonds is 4. The van der Waals surface area contributed by atoms with Crippen LogP contribution in [0.25, 0.3) is 11.3 Å². The Morgan fingerprint density at radius 3 is 2.75 bits per heavy atom. The fraction of sp³-hybridized carbons (Fsp3) is 0.421. The van der Waals surface area contributed by atoms with E-state index in [4.69, 9.17) is 4.74 Å². The topological polar surface area (TPSA) is 58.6 Å². The molecule has 1 aliphatic rings. The molecule has 1 aromatic carbocycles. The van der Waals surface area contributed by atoms with Gasteiger partial charge < -0.3 is 14.5 Å². The monoisotopic (exact) mass is 394 g/mol. The number of alkyl halides is 3. The van der Waals surface area contributed by atoms with Crippen molar-refractivity contribution in [2.24, 2.45) is 0 Å². The fourth-order valence-electron chi connectivity index (χ4n) is 3.06. The van der Waals surface area contributed by atoms with Crippen LogP contribution in [-0.2, 0) is 15.7 Å². The third-order valence-electron chi connectivity index (χ3n) is 4.37. The smallest absolute Gasteiger partial charge is 0.368 e. The first-order chi connectivity index (χ1) is 13.3. The van der Waals surface area contributed by atoms with Crippen LogP contribution in [0.5, 0.6) is 0 Å². The number of carbonyl (C=O) groups is 1. The van der Waals surface area contributed by atoms with Gasteiger partial charge in [-0.05, 0) is 26.2 Å². The Balaban J connectivity index is 1.89. The number of hydrogen-bond donors (Lipinski definition) is 0. The maximum Gasteiger partial charge on any atom is 0.416 e. The summed E-state index contributed by atoms with van der Waals surface area (Å²) >= 11 is 0. The Labute approximate surface area is 160 Å². The van der Waals surface area contributed by atoms with Gasteiger partial charge in [-0.1, -0.05) is 12.1 Å². The Hall–Kier alpha value is -2.52. The second-order valence-electron chi connectivity index (χ2n) is 6.81. The van der Waals surface area contributed by atoms with Crippen molar-refractivity contribution in [3.63, 3.8) is 0 Å². The van der Waals surface area contributed by atoms with E-state index >= 15 is 0 Å². The predicted molar refractivity (Wildman–Crippen MR) is 96.3 cm³/mol. The highest BCUT2D eigenvalue weighted by molar-refractivity contribution is 5.78. The van der Waals surface area contributed by atoms with Gasteiger partial charge in [0.25, 0.3) is 0 Å². The van der Waals surface area contributed by atoms with Gasteiger partial charge in [0.15, 0.2) is 0 Å². The number of carbonyl (C=O) groups excluding carboxylic acids is 1. The molecule has 150 valence electrons. The minimum atomic E-state index is -4.45. The second kappa shape index (κ2) is 8.24. The summed E-state index contributed by atoms with van der Waals surface area (Å²) in [5.74, 6) is -0.0391. The number of nitrogens with zero attached hydrogens (tertiary/aromatic N) is 4. The van der Waals surface area contributed by atoms with Gasteiger partial charge in [-0.15, -0.1) is 0 Å². The molecular formula is C19H21F3N4O2. The first-order valence-electron chi connectivity index (χ1n) is 8.78. The summed E-state index contributed by atoms with van der Waals surface area (Å²) in [7, 11) is 3.62. The van der Waals surface area contributed by atoms with Crippen molar-refractivity contribution in [2.75, 3.05) is 40.3 Å². The van der Waals surface area contributed by atoms with E-state index in [-0.39, 0.29) is 19.0 Å². The van der Waals surface area contributed by atoms with Crippen LogP contribution in [0, 0.1) is 0 Å². The van der Waals surface area contributed by atoms with Gasteiger partial charge in [0.05, 0.1) is 36.6 Å². The number of amides is 1. The summed E-state index contributed by atoms with van der Waals surface area (Å²) in [5, 5.41) is 0. The third-order valence-corrected chi connectivity index (χ3v) is 4.37. The highest BCUT2D eigenvalue weighted by Crippen LogP contribution is 2.34. The zero-order valence-corrected chi connectivity index (χ0v) is 15.6. The van der Waals surface area contributed by atoms with Crippen LogP contribution < -0.4 is 0 Å². The summed E-state index contributed by atoms with van der Waals surface area (Å²) in [6.07, 6.45) is -2.11. The summed E-state index contributed by atoms with van der Waals surface area (Å²) in [6, 6.07) is 4.95. The molecule has 0 radical (unpaired) electrons. The number of likely N-dealkylation sites (N-methyl/N-ethyl adjacent to an activating group) is 1. The van der Waals surface area contributed by atoms with Crippen molar-refractivity contribution in [2.45, 2.75) is 12.3 Å². The van der Waals surface area contributed by atoms with Crippen molar-refractivity contribution in [1.29, 1.82) is 0 Å². The molecule has 9 heteroatoms. The van der Waals surface area contributed by atoms with Gasteiger partial charge in [-0.25, -0.2) is 0 Å². The van der Waals surface area contributed by atoms with E-state index in [1.807, 2.05) is 14.1 Å². The normalized spacial score (nSPS) is 17.8. The van der Waals surface area contributed by atoms with E-state index in [2.05, 4.69) is 9.97 Å². The Kier molecular flexibility index (Phi) is 5.95. The van der Waals surface area contributed by atoms with Crippen molar-refractivity contribution in [3.05, 3.63) is 47.9 Å². The Morgan fingerprint density at radius 1 is 1.29 bits per heavy atom. The van der Waals surface area contributed by atoms with Gasteiger partial charge in [0.1, 0.15) is 6.10 Å². The molecule has 1 amide bonds. The highest BCUT2D eigenvalue weighted by Gasteiger charge is 2.32. The molecule has 28 heavy (non-hydrogen) atoms. The molecule has 1 aliphatic heterocycles. The molecule has 1 fully saturated rings. The molecule has 0 N–H and O–H groups in total. The quantitative estimate of drug-likeness (QED) is 0.798. The van der Waals surface area contributed by atoms with Crippen molar-refractivity contribution < 1.29 is 22.7 Å². The zero-order valence-electron chi connectivity index (χ0n) is 15.6. The molecule has 1 saturated heterocycles. The van der Waals surface area contributed by atoms with E-state index in [1.165, 1.54) is 18.5 Å². The van der Waals surface area contributed by atoms with Gasteiger partial charge in [0, 0.05) is 24.5 Å². The van der Waals surface area contributed by atoms with E-state index in [0.717, 1.165) is 12.1 Å². The van der Waals surface area contributed by atoms with Crippen LogP contribution in [0.1, 0.15) is 17.4 Å². The van der Waals surface area contributed by atoms with E-state index in [1.54, 1.807) is 15.9 Å². The van der Waals surface area contributed by atoms with Crippen LogP contribution in [0.3, 0.4) is 0 Å². The summed E-state index contributed by atoms with van der Waals surface area (Å²) in [6.45, 7) is 1.33. The highest BCUT2D eigenvalue weighted by atomic mass is 19.4. The number of halogens is 3. The number of aromatic nitrogens is 2. The van der Waals surface area contributed by atoms with Crippen molar-refractivity contribution >= 4 is 5.91 Å². The average Bonchev–Trinajstić information content (AvgIpc) is 2.67. The molecule has 2 heterocycles. The van der Waals surface area contributed by atoms with Crippen LogP contribution >= 0.6 is 0 Å². The third kappa shape index (κ3) is 4.66. The second-order valence-corrected chi connectivity index (χ2v) is 6.81. The summed E-state index contributed by atoms with van der Waals surface area (Å²) < 4.78 is 45.0. The maximum absolute atomic E-state index is 13.1. The number of hydrogen-bond acceptors (Lipinski definition) is 5. The Morgan fingerprint density at radius 2 is 2.04 bits per heavy atom. The van der Waals surface area contributed by atoms with Gasteiger partial charge in [-0.2, -0.15) is 13.2 Å². The van der Waals surface area contributed by atoms with Gasteiger partial charge in [-0.3, -0.25) is 14.8 Å². The number of benzene rings is 1. The van der Waals surface area contributed by atoms with E-state index in [0.29, 0.717) is 30.1 Å². The lowest BCUT2D eigenvalue weighted by Gasteiger charge is -2.33. The lowest BCUT2D eigenvalue weighted by atomic mass is 10.0. The minimum absolute atomic E-state index is 0.0391. The lowest BCUT2D eigenvalue weighted by molar-refractivity contribution is -0.140. The molecular weight excluding hydrogens is 373 g/mol. The largest absolute Gasteiger partial charge is 0.416 e. The van der Waals surface area contributed by atoms with Gasteiger partial charge in [0.2, 0.25) is 5.91 Å². The van der Waals surface area contributed by atoms with Crippen LogP contribution in [0.15, 0.2) is 36.7 Å². The maximum atomic E-state index is 13.1. The van der Waals surface area contributed by atoms with E-state index in [9.17, 15) is 18.0 Å². The molecule has 0 bridgehead atoms. The SMILES string of the molecule is CN(C)CC(=O)N1CCOC(c2nccnc2-c2cccc(C(F)(F)F)c2)C1. The van der Waals surface area contributed by atoms with Crippen LogP contribution in [-0.4, -0.2) is 66.0 Å². The standard InChI is InChI=1S/C19H21F3N4O2/c1-25(2)12-16(27)26-8-9-28-15(11-26)18-17(23-6-7-24-18)13-4-3-5-14(10-13)19(20,21)22/h3-7,10,15H,8-9,11-12H2,1-2H3. The molecule has 0 aliphatic carbocycles. The van der Waals surface area contributed by atoms with E-state index < -0.39 is 17.8 Å². The lowest BCUT2D eigenvalue weighted by Crippen LogP contribution is -2.45. The minimum Gasteiger partial charge on any atom is -0.368 e. The molecule has 6 nitrogen and oxygen atoms in total. The molecule has 3 rings (SSSR count). The fourth-order valence-corrected chi connectivity index (χ4v) is 3.06. The Bertz CT molecular complexity index is 842. The zero-order chi connectivity index (χ0) is 20.3. The van der Waals surface area contributed by atoms with Crippen LogP contribution in [0.4, 0.5) is 13.2 Å². The van der Waals surface area contributed by atoms with Crippen molar-refractivity contribution in [3.8, 4) is 11.3 Å². The van der Waals surface area contributed by atoms with Crippen LogP contribution in [0.2, 0.25) is 0 Å². The summed E-state index contributed by atoms with van der Waals surface area (Å²) in [4.78, 5) is 24.4. The molecule has 0 spiro atoms. The first kappa shape index (κ1) is 20.2. The van der Waals surface area contributed by atoms with Crippen molar-refractivity contribution in [1.82, 2.24) is 19.8 Å². The number of ether oxygens (including phenoxy) is 1. The average molecular weight is 394 g/mol. The molecule has 1 atom stereocenters. The molecule has 2 aromatic rings. The first-order valence-corrected chi connectivity index (χ1v) is 8.78. The predicted octanol–water partition coefficient (Wildman–Crippen LogP) is 2.62. The number of morpholine rings is 1.